The molecule has 5 nitrogen and oxygen atoms in total. The van der Waals surface area contributed by atoms with Crippen molar-refractivity contribution in [1.29, 1.82) is 0 Å². The average Bonchev–Trinajstić information content (AvgIpc) is 2.59. The zero-order valence-electron chi connectivity index (χ0n) is 14.0. The van der Waals surface area contributed by atoms with Gasteiger partial charge in [-0.05, 0) is 43.3 Å². The summed E-state index contributed by atoms with van der Waals surface area (Å²) in [5.74, 6) is -1.45. The van der Waals surface area contributed by atoms with Gasteiger partial charge in [0.25, 0.3) is 11.5 Å². The number of halogens is 4. The number of rotatable bonds is 3. The Kier molecular flexibility index (Phi) is 4.54. The van der Waals surface area contributed by atoms with Crippen molar-refractivity contribution in [2.75, 3.05) is 11.9 Å². The van der Waals surface area contributed by atoms with Gasteiger partial charge in [-0.1, -0.05) is 11.6 Å². The van der Waals surface area contributed by atoms with Crippen molar-refractivity contribution in [2.45, 2.75) is 18.7 Å². The molecule has 1 aliphatic rings. The molecule has 0 aliphatic carbocycles. The Morgan fingerprint density at radius 1 is 1.19 bits per heavy atom. The smallest absolute Gasteiger partial charge is 0.426 e. The highest BCUT2D eigenvalue weighted by Gasteiger charge is 2.62. The third-order valence-corrected chi connectivity index (χ3v) is 4.18. The fourth-order valence-electron chi connectivity index (χ4n) is 2.80. The third kappa shape index (κ3) is 3.44. The lowest BCUT2D eigenvalue weighted by molar-refractivity contribution is -0.261. The van der Waals surface area contributed by atoms with Crippen LogP contribution >= 0.6 is 0 Å². The van der Waals surface area contributed by atoms with Crippen LogP contribution in [0.3, 0.4) is 0 Å². The molecule has 2 amide bonds. The van der Waals surface area contributed by atoms with Crippen LogP contribution in [0.4, 0.5) is 28.0 Å². The maximum atomic E-state index is 14.0. The summed E-state index contributed by atoms with van der Waals surface area (Å²) in [7, 11) is 0. The summed E-state index contributed by atoms with van der Waals surface area (Å²) in [4.78, 5) is 23.9. The molecule has 0 aromatic heterocycles. The van der Waals surface area contributed by atoms with Crippen molar-refractivity contribution >= 4 is 17.7 Å². The lowest BCUT2D eigenvalue weighted by Gasteiger charge is -2.39. The van der Waals surface area contributed by atoms with E-state index in [1.54, 1.807) is 13.0 Å². The van der Waals surface area contributed by atoms with Gasteiger partial charge in [-0.3, -0.25) is 10.1 Å². The van der Waals surface area contributed by atoms with Crippen LogP contribution in [0.15, 0.2) is 42.5 Å². The molecule has 0 saturated carbocycles. The number of benzene rings is 2. The Labute approximate surface area is 151 Å². The van der Waals surface area contributed by atoms with Crippen molar-refractivity contribution in [3.63, 3.8) is 0 Å². The topological polar surface area (TPSA) is 67.4 Å². The molecule has 1 atom stereocenters. The summed E-state index contributed by atoms with van der Waals surface area (Å²) >= 11 is 0. The number of carbonyl (C=O) groups excluding carboxylic acids is 2. The standard InChI is InChI=1S/C18H14F4N2O3/c1-10-2-7-14-13(8-10)17(18(20,21)22,27-16(26)24-14)9-23-15(25)11-3-5-12(19)6-4-11/h2-8H,9H2,1H3,(H,23,25)(H,24,26). The summed E-state index contributed by atoms with van der Waals surface area (Å²) in [6, 6.07) is 8.42. The monoisotopic (exact) mass is 382 g/mol. The highest BCUT2D eigenvalue weighted by atomic mass is 19.4. The summed E-state index contributed by atoms with van der Waals surface area (Å²) in [6.45, 7) is 0.561. The van der Waals surface area contributed by atoms with Crippen molar-refractivity contribution in [2.24, 2.45) is 0 Å². The summed E-state index contributed by atoms with van der Waals surface area (Å²) in [5, 5.41) is 4.35. The first-order valence-electron chi connectivity index (χ1n) is 7.84. The Morgan fingerprint density at radius 2 is 1.85 bits per heavy atom. The zero-order valence-corrected chi connectivity index (χ0v) is 14.0. The molecule has 1 heterocycles. The van der Waals surface area contributed by atoms with Gasteiger partial charge >= 0.3 is 12.3 Å². The fraction of sp³-hybridized carbons (Fsp3) is 0.222. The van der Waals surface area contributed by atoms with Crippen LogP contribution in [0.1, 0.15) is 21.5 Å². The number of alkyl halides is 3. The van der Waals surface area contributed by atoms with Crippen LogP contribution < -0.4 is 10.6 Å². The SMILES string of the molecule is Cc1ccc2c(c1)C(CNC(=O)c1ccc(F)cc1)(C(F)(F)F)OC(=O)N2. The molecule has 0 saturated heterocycles. The lowest BCUT2D eigenvalue weighted by Crippen LogP contribution is -2.56. The number of anilines is 1. The minimum atomic E-state index is -5.00. The molecule has 2 N–H and O–H groups in total. The van der Waals surface area contributed by atoms with Crippen LogP contribution in [0.2, 0.25) is 0 Å². The lowest BCUT2D eigenvalue weighted by atomic mass is 9.88. The van der Waals surface area contributed by atoms with E-state index in [1.165, 1.54) is 12.1 Å². The number of amides is 2. The maximum absolute atomic E-state index is 14.0. The van der Waals surface area contributed by atoms with Crippen LogP contribution in [0, 0.1) is 12.7 Å². The number of nitrogens with one attached hydrogen (secondary N) is 2. The van der Waals surface area contributed by atoms with Gasteiger partial charge in [0.1, 0.15) is 5.82 Å². The van der Waals surface area contributed by atoms with Gasteiger partial charge in [-0.15, -0.1) is 0 Å². The minimum Gasteiger partial charge on any atom is -0.426 e. The number of aryl methyl sites for hydroxylation is 1. The van der Waals surface area contributed by atoms with E-state index < -0.39 is 36.1 Å². The van der Waals surface area contributed by atoms with Gasteiger partial charge in [-0.25, -0.2) is 9.18 Å². The van der Waals surface area contributed by atoms with Gasteiger partial charge < -0.3 is 10.1 Å². The third-order valence-electron chi connectivity index (χ3n) is 4.18. The number of cyclic esters (lactones) is 1. The number of carbonyl (C=O) groups is 2. The summed E-state index contributed by atoms with van der Waals surface area (Å²) in [6.07, 6.45) is -6.27. The highest BCUT2D eigenvalue weighted by Crippen LogP contribution is 2.47. The fourth-order valence-corrected chi connectivity index (χ4v) is 2.80. The molecule has 2 aromatic rings. The maximum Gasteiger partial charge on any atom is 0.434 e. The zero-order chi connectivity index (χ0) is 19.8. The van der Waals surface area contributed by atoms with E-state index in [0.717, 1.165) is 24.3 Å². The molecule has 27 heavy (non-hydrogen) atoms. The Hall–Kier alpha value is -3.10. The van der Waals surface area contributed by atoms with Crippen LogP contribution in [0.25, 0.3) is 0 Å². The van der Waals surface area contributed by atoms with E-state index in [4.69, 9.17) is 0 Å². The van der Waals surface area contributed by atoms with Gasteiger partial charge in [0.05, 0.1) is 12.2 Å². The van der Waals surface area contributed by atoms with Crippen molar-refractivity contribution in [1.82, 2.24) is 5.32 Å². The second-order valence-corrected chi connectivity index (χ2v) is 6.08. The molecule has 0 radical (unpaired) electrons. The quantitative estimate of drug-likeness (QED) is 0.792. The molecule has 1 unspecified atom stereocenters. The van der Waals surface area contributed by atoms with Gasteiger partial charge in [0.2, 0.25) is 0 Å². The highest BCUT2D eigenvalue weighted by molar-refractivity contribution is 5.94. The molecule has 2 aromatic carbocycles. The van der Waals surface area contributed by atoms with E-state index in [1.807, 2.05) is 0 Å². The second-order valence-electron chi connectivity index (χ2n) is 6.08. The Balaban J connectivity index is 1.97. The predicted molar refractivity (Wildman–Crippen MR) is 87.7 cm³/mol. The normalized spacial score (nSPS) is 18.9. The number of hydrogen-bond donors (Lipinski definition) is 2. The predicted octanol–water partition coefficient (Wildman–Crippen LogP) is 3.88. The Bertz CT molecular complexity index is 896. The molecule has 1 aliphatic heterocycles. The van der Waals surface area contributed by atoms with Gasteiger partial charge in [0, 0.05) is 11.1 Å². The first-order valence-corrected chi connectivity index (χ1v) is 7.84. The number of hydrogen-bond acceptors (Lipinski definition) is 3. The molecule has 0 bridgehead atoms. The molecule has 0 fully saturated rings. The molecule has 9 heteroatoms. The first-order chi connectivity index (χ1) is 12.6. The van der Waals surface area contributed by atoms with Crippen LogP contribution in [0.5, 0.6) is 0 Å². The van der Waals surface area contributed by atoms with Crippen LogP contribution in [-0.4, -0.2) is 24.7 Å². The van der Waals surface area contributed by atoms with Crippen LogP contribution in [-0.2, 0) is 10.3 Å². The largest absolute Gasteiger partial charge is 0.434 e. The summed E-state index contributed by atoms with van der Waals surface area (Å²) < 4.78 is 59.6. The minimum absolute atomic E-state index is 0.0292. The van der Waals surface area contributed by atoms with E-state index in [9.17, 15) is 27.2 Å². The van der Waals surface area contributed by atoms with Crippen molar-refractivity contribution in [3.05, 3.63) is 65.0 Å². The molecule has 142 valence electrons. The van der Waals surface area contributed by atoms with E-state index in [-0.39, 0.29) is 16.8 Å². The average molecular weight is 382 g/mol. The van der Waals surface area contributed by atoms with E-state index in [2.05, 4.69) is 15.4 Å². The van der Waals surface area contributed by atoms with E-state index in [0.29, 0.717) is 5.56 Å². The van der Waals surface area contributed by atoms with Gasteiger partial charge in [0.15, 0.2) is 0 Å². The van der Waals surface area contributed by atoms with Crippen molar-refractivity contribution < 1.29 is 31.9 Å². The number of ether oxygens (including phenoxy) is 1. The second kappa shape index (κ2) is 6.57. The molecular formula is C18H14F4N2O3. The molecular weight excluding hydrogens is 368 g/mol. The summed E-state index contributed by atoms with van der Waals surface area (Å²) in [5.41, 5.74) is -2.92. The van der Waals surface area contributed by atoms with Gasteiger partial charge in [-0.2, -0.15) is 13.2 Å². The van der Waals surface area contributed by atoms with Crippen molar-refractivity contribution in [3.8, 4) is 0 Å². The molecule has 3 rings (SSSR count). The number of fused-ring (bicyclic) bond motifs is 1. The molecule has 0 spiro atoms. The first kappa shape index (κ1) is 18.7. The van der Waals surface area contributed by atoms with E-state index >= 15 is 0 Å². The Morgan fingerprint density at radius 3 is 2.48 bits per heavy atom.